The predicted octanol–water partition coefficient (Wildman–Crippen LogP) is 0.823. The molecule has 18 heavy (non-hydrogen) atoms. The topological polar surface area (TPSA) is 87.7 Å². The molecule has 1 fully saturated rings. The maximum Gasteiger partial charge on any atom is 0.329 e. The zero-order valence-electron chi connectivity index (χ0n) is 10.8. The van der Waals surface area contributed by atoms with Gasteiger partial charge >= 0.3 is 12.0 Å². The summed E-state index contributed by atoms with van der Waals surface area (Å²) in [4.78, 5) is 21.5. The first-order valence-electron chi connectivity index (χ1n) is 6.39. The van der Waals surface area contributed by atoms with Gasteiger partial charge in [-0.05, 0) is 24.7 Å². The molecule has 0 radical (unpaired) electrons. The van der Waals surface area contributed by atoms with Gasteiger partial charge in [0.05, 0.1) is 6.61 Å². The van der Waals surface area contributed by atoms with Crippen LogP contribution in [0.25, 0.3) is 0 Å². The van der Waals surface area contributed by atoms with E-state index in [1.54, 1.807) is 0 Å². The van der Waals surface area contributed by atoms with Crippen molar-refractivity contribution in [2.75, 3.05) is 26.3 Å². The summed E-state index contributed by atoms with van der Waals surface area (Å²) in [5.41, 5.74) is 0. The summed E-state index contributed by atoms with van der Waals surface area (Å²) in [5, 5.41) is 13.8. The van der Waals surface area contributed by atoms with E-state index >= 15 is 0 Å². The number of aliphatic carboxylic acids is 1. The van der Waals surface area contributed by atoms with E-state index in [-0.39, 0.29) is 19.2 Å². The molecule has 2 atom stereocenters. The second-order valence-electron chi connectivity index (χ2n) is 4.87. The van der Waals surface area contributed by atoms with Gasteiger partial charge < -0.3 is 20.5 Å². The van der Waals surface area contributed by atoms with Crippen LogP contribution in [-0.2, 0) is 9.53 Å². The number of hydrogen-bond donors (Lipinski definition) is 3. The summed E-state index contributed by atoms with van der Waals surface area (Å²) in [7, 11) is 0. The normalized spacial score (nSPS) is 22.7. The summed E-state index contributed by atoms with van der Waals surface area (Å²) in [5.74, 6) is 0.355. The Kier molecular flexibility index (Phi) is 6.49. The van der Waals surface area contributed by atoms with Crippen molar-refractivity contribution in [3.05, 3.63) is 0 Å². The summed E-state index contributed by atoms with van der Waals surface area (Å²) >= 11 is 0. The maximum atomic E-state index is 11.4. The number of hydrogen-bond acceptors (Lipinski definition) is 3. The molecule has 0 aliphatic heterocycles. The largest absolute Gasteiger partial charge is 0.480 e. The summed E-state index contributed by atoms with van der Waals surface area (Å²) in [6, 6.07) is -0.214. The molecular weight excluding hydrogens is 236 g/mol. The van der Waals surface area contributed by atoms with Gasteiger partial charge in [0.2, 0.25) is 0 Å². The van der Waals surface area contributed by atoms with E-state index in [1.165, 1.54) is 19.3 Å². The van der Waals surface area contributed by atoms with Crippen LogP contribution in [0, 0.1) is 11.8 Å². The second kappa shape index (κ2) is 7.92. The highest BCUT2D eigenvalue weighted by Gasteiger charge is 2.21. The summed E-state index contributed by atoms with van der Waals surface area (Å²) in [6.07, 6.45) is 3.61. The van der Waals surface area contributed by atoms with Crippen molar-refractivity contribution in [2.24, 2.45) is 11.8 Å². The van der Waals surface area contributed by atoms with Crippen LogP contribution < -0.4 is 10.6 Å². The monoisotopic (exact) mass is 258 g/mol. The van der Waals surface area contributed by atoms with Gasteiger partial charge in [-0.2, -0.15) is 0 Å². The van der Waals surface area contributed by atoms with Crippen molar-refractivity contribution in [1.29, 1.82) is 0 Å². The van der Waals surface area contributed by atoms with Crippen molar-refractivity contribution in [3.63, 3.8) is 0 Å². The van der Waals surface area contributed by atoms with Crippen molar-refractivity contribution in [3.8, 4) is 0 Å². The molecule has 1 aliphatic rings. The fourth-order valence-corrected chi connectivity index (χ4v) is 2.21. The van der Waals surface area contributed by atoms with Crippen LogP contribution in [-0.4, -0.2) is 43.4 Å². The number of urea groups is 1. The minimum absolute atomic E-state index is 0.209. The molecule has 104 valence electrons. The number of carboxylic acids is 1. The molecule has 3 N–H and O–H groups in total. The van der Waals surface area contributed by atoms with Gasteiger partial charge in [0, 0.05) is 13.1 Å². The van der Waals surface area contributed by atoms with Gasteiger partial charge in [-0.3, -0.25) is 0 Å². The average molecular weight is 258 g/mol. The van der Waals surface area contributed by atoms with Gasteiger partial charge in [0.15, 0.2) is 0 Å². The number of ether oxygens (including phenoxy) is 1. The Bertz CT molecular complexity index is 283. The molecular formula is C12H22N2O4. The standard InChI is InChI=1S/C12H22N2O4/c1-9-2-3-10(6-9)7-14-12(17)13-4-5-18-8-11(15)16/h9-10H,2-8H2,1H3,(H,15,16)(H2,13,14,17). The Morgan fingerprint density at radius 2 is 2.11 bits per heavy atom. The number of amides is 2. The Balaban J connectivity index is 1.95. The van der Waals surface area contributed by atoms with Crippen LogP contribution in [0.1, 0.15) is 26.2 Å². The average Bonchev–Trinajstić information content (AvgIpc) is 2.71. The molecule has 2 amide bonds. The van der Waals surface area contributed by atoms with E-state index in [4.69, 9.17) is 9.84 Å². The number of carboxylic acid groups (broad SMARTS) is 1. The Labute approximate surface area is 107 Å². The van der Waals surface area contributed by atoms with Gasteiger partial charge in [0.25, 0.3) is 0 Å². The van der Waals surface area contributed by atoms with Crippen LogP contribution in [0.3, 0.4) is 0 Å². The van der Waals surface area contributed by atoms with E-state index in [2.05, 4.69) is 17.6 Å². The number of carbonyl (C=O) groups is 2. The number of carbonyl (C=O) groups excluding carboxylic acids is 1. The number of rotatable bonds is 7. The van der Waals surface area contributed by atoms with E-state index in [0.29, 0.717) is 19.0 Å². The zero-order chi connectivity index (χ0) is 13.4. The zero-order valence-corrected chi connectivity index (χ0v) is 10.8. The van der Waals surface area contributed by atoms with E-state index < -0.39 is 5.97 Å². The van der Waals surface area contributed by atoms with Crippen molar-refractivity contribution in [1.82, 2.24) is 10.6 Å². The lowest BCUT2D eigenvalue weighted by Crippen LogP contribution is -2.39. The molecule has 0 spiro atoms. The van der Waals surface area contributed by atoms with Crippen LogP contribution in [0.4, 0.5) is 4.79 Å². The van der Waals surface area contributed by atoms with Gasteiger partial charge in [-0.25, -0.2) is 9.59 Å². The molecule has 0 aromatic carbocycles. The van der Waals surface area contributed by atoms with Crippen LogP contribution in [0.2, 0.25) is 0 Å². The minimum atomic E-state index is -1.00. The van der Waals surface area contributed by atoms with Crippen LogP contribution in [0.5, 0.6) is 0 Å². The summed E-state index contributed by atoms with van der Waals surface area (Å²) < 4.78 is 4.80. The SMILES string of the molecule is CC1CCC(CNC(=O)NCCOCC(=O)O)C1. The highest BCUT2D eigenvalue weighted by Crippen LogP contribution is 2.29. The smallest absolute Gasteiger partial charge is 0.329 e. The lowest BCUT2D eigenvalue weighted by atomic mass is 10.1. The molecule has 0 bridgehead atoms. The van der Waals surface area contributed by atoms with Crippen molar-refractivity contribution >= 4 is 12.0 Å². The number of nitrogens with one attached hydrogen (secondary N) is 2. The van der Waals surface area contributed by atoms with E-state index in [0.717, 1.165) is 5.92 Å². The Morgan fingerprint density at radius 1 is 1.33 bits per heavy atom. The maximum absolute atomic E-state index is 11.4. The van der Waals surface area contributed by atoms with Gasteiger partial charge in [0.1, 0.15) is 6.61 Å². The van der Waals surface area contributed by atoms with Crippen LogP contribution >= 0.6 is 0 Å². The van der Waals surface area contributed by atoms with Crippen molar-refractivity contribution in [2.45, 2.75) is 26.2 Å². The fourth-order valence-electron chi connectivity index (χ4n) is 2.21. The first-order valence-corrected chi connectivity index (χ1v) is 6.39. The molecule has 6 nitrogen and oxygen atoms in total. The quantitative estimate of drug-likeness (QED) is 0.590. The minimum Gasteiger partial charge on any atom is -0.480 e. The first kappa shape index (κ1) is 14.8. The Hall–Kier alpha value is -1.30. The third kappa shape index (κ3) is 6.44. The van der Waals surface area contributed by atoms with Gasteiger partial charge in [-0.1, -0.05) is 13.3 Å². The molecule has 1 rings (SSSR count). The van der Waals surface area contributed by atoms with E-state index in [1.807, 2.05) is 0 Å². The molecule has 1 saturated carbocycles. The van der Waals surface area contributed by atoms with Gasteiger partial charge in [-0.15, -0.1) is 0 Å². The third-order valence-electron chi connectivity index (χ3n) is 3.11. The molecule has 6 heteroatoms. The molecule has 0 aromatic heterocycles. The molecule has 0 aromatic rings. The lowest BCUT2D eigenvalue weighted by Gasteiger charge is -2.12. The Morgan fingerprint density at radius 3 is 2.72 bits per heavy atom. The highest BCUT2D eigenvalue weighted by atomic mass is 16.5. The first-order chi connectivity index (χ1) is 8.58. The molecule has 0 saturated heterocycles. The summed E-state index contributed by atoms with van der Waals surface area (Å²) in [6.45, 7) is 3.15. The third-order valence-corrected chi connectivity index (χ3v) is 3.11. The second-order valence-corrected chi connectivity index (χ2v) is 4.87. The highest BCUT2D eigenvalue weighted by molar-refractivity contribution is 5.73. The fraction of sp³-hybridized carbons (Fsp3) is 0.833. The predicted molar refractivity (Wildman–Crippen MR) is 66.4 cm³/mol. The van der Waals surface area contributed by atoms with E-state index in [9.17, 15) is 9.59 Å². The molecule has 0 heterocycles. The van der Waals surface area contributed by atoms with Crippen LogP contribution in [0.15, 0.2) is 0 Å². The molecule has 2 unspecified atom stereocenters. The van der Waals surface area contributed by atoms with Crippen molar-refractivity contribution < 1.29 is 19.4 Å². The lowest BCUT2D eigenvalue weighted by molar-refractivity contribution is -0.142. The molecule has 1 aliphatic carbocycles.